The topological polar surface area (TPSA) is 59.4 Å². The molecule has 0 unspecified atom stereocenters. The summed E-state index contributed by atoms with van der Waals surface area (Å²) in [5, 5.41) is 3.26. The summed E-state index contributed by atoms with van der Waals surface area (Å²) in [6.07, 6.45) is 4.15. The van der Waals surface area contributed by atoms with Crippen molar-refractivity contribution in [1.82, 2.24) is 19.8 Å². The predicted molar refractivity (Wildman–Crippen MR) is 76.3 cm³/mol. The van der Waals surface area contributed by atoms with Gasteiger partial charge in [-0.05, 0) is 20.9 Å². The Morgan fingerprint density at radius 3 is 2.80 bits per heavy atom. The van der Waals surface area contributed by atoms with Crippen LogP contribution in [0.25, 0.3) is 0 Å². The van der Waals surface area contributed by atoms with E-state index in [1.165, 1.54) is 0 Å². The number of aryl methyl sites for hydroxylation is 1. The maximum absolute atomic E-state index is 12.1. The summed E-state index contributed by atoms with van der Waals surface area (Å²) in [4.78, 5) is 18.2. The molecule has 0 spiro atoms. The fourth-order valence-electron chi connectivity index (χ4n) is 2.33. The van der Waals surface area contributed by atoms with Gasteiger partial charge in [-0.1, -0.05) is 0 Å². The van der Waals surface area contributed by atoms with Crippen molar-refractivity contribution in [3.8, 4) is 0 Å². The maximum atomic E-state index is 12.1. The molecule has 0 aromatic carbocycles. The van der Waals surface area contributed by atoms with Crippen molar-refractivity contribution in [3.63, 3.8) is 0 Å². The highest BCUT2D eigenvalue weighted by Crippen LogP contribution is 2.19. The van der Waals surface area contributed by atoms with E-state index in [1.807, 2.05) is 18.1 Å². The summed E-state index contributed by atoms with van der Waals surface area (Å²) in [6.45, 7) is 7.57. The molecule has 2 heterocycles. The van der Waals surface area contributed by atoms with E-state index in [9.17, 15) is 4.79 Å². The molecule has 112 valence electrons. The van der Waals surface area contributed by atoms with Crippen LogP contribution in [0.2, 0.25) is 0 Å². The molecule has 1 fully saturated rings. The van der Waals surface area contributed by atoms with Crippen LogP contribution in [0, 0.1) is 0 Å². The zero-order chi connectivity index (χ0) is 14.6. The van der Waals surface area contributed by atoms with Crippen LogP contribution in [-0.4, -0.2) is 53.7 Å². The Morgan fingerprint density at radius 2 is 2.15 bits per heavy atom. The average Bonchev–Trinajstić information content (AvgIpc) is 2.95. The first-order chi connectivity index (χ1) is 9.54. The van der Waals surface area contributed by atoms with Gasteiger partial charge in [0.2, 0.25) is 5.91 Å². The highest BCUT2D eigenvalue weighted by Gasteiger charge is 2.23. The van der Waals surface area contributed by atoms with Gasteiger partial charge in [0.25, 0.3) is 0 Å². The minimum absolute atomic E-state index is 0.154. The molecular formula is C14H24N4O2. The smallest absolute Gasteiger partial charge is 0.224 e. The molecule has 6 nitrogen and oxygen atoms in total. The normalized spacial score (nSPS) is 16.4. The van der Waals surface area contributed by atoms with Crippen LogP contribution >= 0.6 is 0 Å². The lowest BCUT2D eigenvalue weighted by Crippen LogP contribution is -2.41. The highest BCUT2D eigenvalue weighted by atomic mass is 16.5. The van der Waals surface area contributed by atoms with Gasteiger partial charge in [-0.25, -0.2) is 4.98 Å². The summed E-state index contributed by atoms with van der Waals surface area (Å²) in [5.74, 6) is 0.190. The van der Waals surface area contributed by atoms with Crippen LogP contribution in [-0.2, 0) is 21.6 Å². The molecule has 0 bridgehead atoms. The van der Waals surface area contributed by atoms with Crippen LogP contribution in [0.15, 0.2) is 12.5 Å². The minimum atomic E-state index is -0.154. The molecule has 1 amide bonds. The minimum Gasteiger partial charge on any atom is -0.378 e. The maximum Gasteiger partial charge on any atom is 0.224 e. The monoisotopic (exact) mass is 280 g/mol. The molecule has 0 aliphatic carbocycles. The van der Waals surface area contributed by atoms with Crippen molar-refractivity contribution in [2.75, 3.05) is 33.4 Å². The van der Waals surface area contributed by atoms with Crippen LogP contribution in [0.1, 0.15) is 26.0 Å². The molecule has 1 aliphatic rings. The lowest BCUT2D eigenvalue weighted by atomic mass is 10.0. The van der Waals surface area contributed by atoms with Gasteiger partial charge < -0.3 is 19.5 Å². The summed E-state index contributed by atoms with van der Waals surface area (Å²) >= 11 is 0. The Hall–Kier alpha value is -1.40. The molecule has 0 radical (unpaired) electrons. The van der Waals surface area contributed by atoms with Crippen molar-refractivity contribution in [1.29, 1.82) is 0 Å². The van der Waals surface area contributed by atoms with Crippen LogP contribution in [0.3, 0.4) is 0 Å². The fraction of sp³-hybridized carbons (Fsp3) is 0.714. The number of carbonyl (C=O) groups excluding carboxylic acids is 1. The van der Waals surface area contributed by atoms with Gasteiger partial charge in [-0.2, -0.15) is 0 Å². The number of nitrogens with one attached hydrogen (secondary N) is 1. The number of hydrogen-bond acceptors (Lipinski definition) is 4. The lowest BCUT2D eigenvalue weighted by Gasteiger charge is -2.28. The quantitative estimate of drug-likeness (QED) is 0.857. The number of morpholine rings is 1. The van der Waals surface area contributed by atoms with E-state index in [2.05, 4.69) is 28.7 Å². The molecule has 1 aromatic rings. The number of ether oxygens (including phenoxy) is 1. The predicted octanol–water partition coefficient (Wildman–Crippen LogP) is 0.587. The third kappa shape index (κ3) is 3.37. The molecular weight excluding hydrogens is 256 g/mol. The molecule has 1 N–H and O–H groups in total. The van der Waals surface area contributed by atoms with Gasteiger partial charge in [0, 0.05) is 32.3 Å². The molecule has 0 saturated carbocycles. The van der Waals surface area contributed by atoms with E-state index >= 15 is 0 Å². The Labute approximate surface area is 120 Å². The van der Waals surface area contributed by atoms with Gasteiger partial charge in [0.1, 0.15) is 0 Å². The fourth-order valence-corrected chi connectivity index (χ4v) is 2.33. The van der Waals surface area contributed by atoms with Crippen molar-refractivity contribution < 1.29 is 9.53 Å². The Bertz CT molecular complexity index is 450. The third-order valence-corrected chi connectivity index (χ3v) is 3.91. The standard InChI is InChI=1S/C14H24N4O2/c1-14(2,15-3)12-10-16-11-18(12)5-4-13(19)17-6-8-20-9-7-17/h10-11,15H,4-9H2,1-3H3. The van der Waals surface area contributed by atoms with E-state index in [4.69, 9.17) is 4.74 Å². The lowest BCUT2D eigenvalue weighted by molar-refractivity contribution is -0.135. The van der Waals surface area contributed by atoms with E-state index in [-0.39, 0.29) is 11.4 Å². The van der Waals surface area contributed by atoms with Crippen LogP contribution in [0.4, 0.5) is 0 Å². The van der Waals surface area contributed by atoms with Gasteiger partial charge >= 0.3 is 0 Å². The largest absolute Gasteiger partial charge is 0.378 e. The summed E-state index contributed by atoms with van der Waals surface area (Å²) in [6, 6.07) is 0. The Morgan fingerprint density at radius 1 is 1.45 bits per heavy atom. The number of imidazole rings is 1. The van der Waals surface area contributed by atoms with Crippen LogP contribution in [0.5, 0.6) is 0 Å². The average molecular weight is 280 g/mol. The number of aromatic nitrogens is 2. The summed E-state index contributed by atoms with van der Waals surface area (Å²) < 4.78 is 7.31. The first kappa shape index (κ1) is 15.0. The first-order valence-electron chi connectivity index (χ1n) is 7.09. The van der Waals surface area contributed by atoms with Crippen molar-refractivity contribution in [3.05, 3.63) is 18.2 Å². The molecule has 20 heavy (non-hydrogen) atoms. The second-order valence-electron chi connectivity index (χ2n) is 5.59. The summed E-state index contributed by atoms with van der Waals surface area (Å²) in [7, 11) is 1.93. The molecule has 0 atom stereocenters. The SMILES string of the molecule is CNC(C)(C)c1cncn1CCC(=O)N1CCOCC1. The van der Waals surface area contributed by atoms with E-state index in [1.54, 1.807) is 6.33 Å². The van der Waals surface area contributed by atoms with Crippen molar-refractivity contribution >= 4 is 5.91 Å². The Kier molecular flexibility index (Phi) is 4.77. The zero-order valence-electron chi connectivity index (χ0n) is 12.6. The van der Waals surface area contributed by atoms with Crippen molar-refractivity contribution in [2.24, 2.45) is 0 Å². The van der Waals surface area contributed by atoms with Crippen molar-refractivity contribution in [2.45, 2.75) is 32.4 Å². The zero-order valence-corrected chi connectivity index (χ0v) is 12.6. The number of hydrogen-bond donors (Lipinski definition) is 1. The van der Waals surface area contributed by atoms with Gasteiger partial charge in [0.05, 0.1) is 30.8 Å². The first-order valence-corrected chi connectivity index (χ1v) is 7.09. The molecule has 1 aliphatic heterocycles. The summed E-state index contributed by atoms with van der Waals surface area (Å²) in [5.41, 5.74) is 0.938. The van der Waals surface area contributed by atoms with Gasteiger partial charge in [-0.15, -0.1) is 0 Å². The number of rotatable bonds is 5. The molecule has 2 rings (SSSR count). The van der Waals surface area contributed by atoms with E-state index in [0.717, 1.165) is 5.69 Å². The molecule has 1 aromatic heterocycles. The van der Waals surface area contributed by atoms with Crippen LogP contribution < -0.4 is 5.32 Å². The number of carbonyl (C=O) groups is 1. The Balaban J connectivity index is 1.94. The highest BCUT2D eigenvalue weighted by molar-refractivity contribution is 5.76. The second-order valence-corrected chi connectivity index (χ2v) is 5.59. The number of nitrogens with zero attached hydrogens (tertiary/aromatic N) is 3. The second kappa shape index (κ2) is 6.37. The number of amides is 1. The third-order valence-electron chi connectivity index (χ3n) is 3.91. The molecule has 6 heteroatoms. The van der Waals surface area contributed by atoms with Gasteiger partial charge in [0.15, 0.2) is 0 Å². The van der Waals surface area contributed by atoms with Gasteiger partial charge in [-0.3, -0.25) is 4.79 Å². The molecule has 1 saturated heterocycles. The van der Waals surface area contributed by atoms with E-state index in [0.29, 0.717) is 39.3 Å². The van der Waals surface area contributed by atoms with E-state index < -0.39 is 0 Å².